The Balaban J connectivity index is 0.00000345. The molecule has 3 rings (SSSR count). The van der Waals surface area contributed by atoms with Crippen LogP contribution in [0.2, 0.25) is 0 Å². The van der Waals surface area contributed by atoms with Gasteiger partial charge in [-0.1, -0.05) is 103 Å². The zero-order valence-electron chi connectivity index (χ0n) is 33.9. The second kappa shape index (κ2) is 14.1. The summed E-state index contributed by atoms with van der Waals surface area (Å²) >= 11 is 0. The van der Waals surface area contributed by atoms with E-state index >= 15 is 0 Å². The fourth-order valence-corrected chi connectivity index (χ4v) is 8.95. The zero-order chi connectivity index (χ0) is 35.0. The number of fused-ring (bicyclic) bond motifs is 5. The van der Waals surface area contributed by atoms with Gasteiger partial charge in [-0.15, -0.1) is 0 Å². The summed E-state index contributed by atoms with van der Waals surface area (Å²) in [5.74, 6) is 1.25. The average Bonchev–Trinajstić information content (AvgIpc) is 2.89. The summed E-state index contributed by atoms with van der Waals surface area (Å²) in [7, 11) is 1.50. The maximum absolute atomic E-state index is 4.50. The smallest absolute Gasteiger partial charge is 0.0235 e. The first-order chi connectivity index (χ1) is 20.4. The number of nitrogens with zero attached hydrogens (tertiary/aromatic N) is 4. The van der Waals surface area contributed by atoms with E-state index in [1.54, 1.807) is 5.57 Å². The van der Waals surface area contributed by atoms with Gasteiger partial charge in [0.25, 0.3) is 0 Å². The molecule has 0 radical (unpaired) electrons. The van der Waals surface area contributed by atoms with Crippen molar-refractivity contribution in [1.29, 1.82) is 0 Å². The highest BCUT2D eigenvalue weighted by Crippen LogP contribution is 2.50. The van der Waals surface area contributed by atoms with Crippen LogP contribution in [0.1, 0.15) is 124 Å². The van der Waals surface area contributed by atoms with E-state index in [4.69, 9.17) is 0 Å². The topological polar surface area (TPSA) is 39.0 Å². The molecule has 0 aliphatic carbocycles. The van der Waals surface area contributed by atoms with E-state index in [1.165, 1.54) is 26.6 Å². The first-order valence-corrected chi connectivity index (χ1v) is 18.6. The maximum Gasteiger partial charge on any atom is 0.0235 e. The van der Waals surface area contributed by atoms with Crippen LogP contribution < -0.4 is 5.73 Å². The molecule has 2 saturated heterocycles. The third-order valence-electron chi connectivity index (χ3n) is 14.6. The minimum Gasteiger partial charge on any atom is -0.376 e. The van der Waals surface area contributed by atoms with Crippen molar-refractivity contribution in [3.8, 4) is 0 Å². The molecule has 0 aromatic rings. The van der Waals surface area contributed by atoms with Crippen LogP contribution in [0.15, 0.2) is 11.8 Å². The highest BCUT2D eigenvalue weighted by atomic mass is 15.3. The van der Waals surface area contributed by atoms with Crippen molar-refractivity contribution in [2.24, 2.45) is 50.1 Å². The van der Waals surface area contributed by atoms with E-state index in [9.17, 15) is 0 Å². The van der Waals surface area contributed by atoms with Crippen LogP contribution in [0.5, 0.6) is 0 Å². The molecule has 5 heteroatoms. The minimum atomic E-state index is 0.0516. The van der Waals surface area contributed by atoms with Crippen LogP contribution in [0.25, 0.3) is 0 Å². The summed E-state index contributed by atoms with van der Waals surface area (Å²) < 4.78 is 0. The molecule has 2 fully saturated rings. The Labute approximate surface area is 283 Å². The molecule has 5 atom stereocenters. The molecule has 0 amide bonds. The molecular weight excluding hydrogens is 550 g/mol. The van der Waals surface area contributed by atoms with E-state index in [2.05, 4.69) is 149 Å². The summed E-state index contributed by atoms with van der Waals surface area (Å²) in [5.41, 5.74) is 7.24. The van der Waals surface area contributed by atoms with Crippen molar-refractivity contribution < 1.29 is 0 Å². The number of nitrogens with two attached hydrogens (primary N) is 1. The maximum atomic E-state index is 4.50. The number of hydrogen-bond donors (Lipinski definition) is 1. The van der Waals surface area contributed by atoms with Gasteiger partial charge in [-0.25, -0.2) is 0 Å². The fourth-order valence-electron chi connectivity index (χ4n) is 8.95. The van der Waals surface area contributed by atoms with E-state index in [-0.39, 0.29) is 38.0 Å². The van der Waals surface area contributed by atoms with Gasteiger partial charge in [-0.2, -0.15) is 0 Å². The largest absolute Gasteiger partial charge is 0.376 e. The molecule has 3 aliphatic heterocycles. The van der Waals surface area contributed by atoms with Gasteiger partial charge in [0, 0.05) is 64.4 Å². The van der Waals surface area contributed by atoms with Crippen molar-refractivity contribution >= 4 is 0 Å². The van der Waals surface area contributed by atoms with Crippen molar-refractivity contribution in [2.75, 3.05) is 72.5 Å². The van der Waals surface area contributed by atoms with Gasteiger partial charge in [0.15, 0.2) is 0 Å². The number of rotatable bonds is 2. The third kappa shape index (κ3) is 8.16. The highest BCUT2D eigenvalue weighted by Gasteiger charge is 2.51. The van der Waals surface area contributed by atoms with Crippen LogP contribution in [0.4, 0.5) is 0 Å². The monoisotopic (exact) mass is 632 g/mol. The Morgan fingerprint density at radius 2 is 1.16 bits per heavy atom. The van der Waals surface area contributed by atoms with Crippen molar-refractivity contribution in [3.63, 3.8) is 0 Å². The van der Waals surface area contributed by atoms with Gasteiger partial charge in [-0.3, -0.25) is 4.90 Å². The molecule has 0 spiro atoms. The summed E-state index contributed by atoms with van der Waals surface area (Å²) in [6, 6.07) is 0. The first-order valence-electron chi connectivity index (χ1n) is 18.6. The molecule has 3 heterocycles. The van der Waals surface area contributed by atoms with Crippen LogP contribution in [-0.2, 0) is 0 Å². The van der Waals surface area contributed by atoms with Crippen LogP contribution in [0, 0.1) is 44.3 Å². The lowest BCUT2D eigenvalue weighted by Gasteiger charge is -2.57. The zero-order valence-corrected chi connectivity index (χ0v) is 33.9. The minimum absolute atomic E-state index is 0.0516. The summed E-state index contributed by atoms with van der Waals surface area (Å²) in [4.78, 5) is 11.3. The lowest BCUT2D eigenvalue weighted by Crippen LogP contribution is -2.63. The molecule has 0 aromatic carbocycles. The van der Waals surface area contributed by atoms with E-state index in [0.717, 1.165) is 52.4 Å². The van der Waals surface area contributed by atoms with Gasteiger partial charge in [0.1, 0.15) is 0 Å². The lowest BCUT2D eigenvalue weighted by atomic mass is 9.62. The summed E-state index contributed by atoms with van der Waals surface area (Å²) in [6.45, 7) is 54.5. The first kappa shape index (κ1) is 40.6. The standard InChI is InChI=1S/C39H76N4.CH5N/c1-18-32-30(3)22-42-26-35(9,10)36(11,12)28-43-21-20-41(23-31(4)39(32,17)29-42)25-34(7,8)33(5,6)24-40(19-2)27-37(13,14)38(43,15)16;1-2/h22,31-32H,18-21,23-29H2,1-17H3;2H2,1H3. The SMILES string of the molecule is CCC1C(C)=CN2CC1(C)C(C)CN1CCN(CC(C)(C)C(C)(C)C2)C(C)(C)C(C)(C)CN(CC)CC(C)(C)C(C)(C)C1.CN. The van der Waals surface area contributed by atoms with Crippen LogP contribution in [0.3, 0.4) is 0 Å². The Bertz CT molecular complexity index is 989. The fraction of sp³-hybridized carbons (Fsp3) is 0.950. The lowest BCUT2D eigenvalue weighted by molar-refractivity contribution is -0.0724. The summed E-state index contributed by atoms with van der Waals surface area (Å²) in [5, 5.41) is 0. The Kier molecular flexibility index (Phi) is 12.7. The second-order valence-electron chi connectivity index (χ2n) is 19.6. The van der Waals surface area contributed by atoms with Gasteiger partial charge in [0.05, 0.1) is 0 Å². The molecule has 3 aliphatic rings. The number of allylic oxidation sites excluding steroid dienone is 1. The Morgan fingerprint density at radius 1 is 0.667 bits per heavy atom. The highest BCUT2D eigenvalue weighted by molar-refractivity contribution is 5.16. The Morgan fingerprint density at radius 3 is 1.69 bits per heavy atom. The van der Waals surface area contributed by atoms with Gasteiger partial charge in [-0.05, 0) is 91.3 Å². The van der Waals surface area contributed by atoms with Gasteiger partial charge < -0.3 is 20.4 Å². The quantitative estimate of drug-likeness (QED) is 0.332. The molecule has 2 N–H and O–H groups in total. The predicted octanol–water partition coefficient (Wildman–Crippen LogP) is 8.31. The molecule has 5 nitrogen and oxygen atoms in total. The second-order valence-corrected chi connectivity index (χ2v) is 19.6. The molecule has 45 heavy (non-hydrogen) atoms. The summed E-state index contributed by atoms with van der Waals surface area (Å²) in [6.07, 6.45) is 3.78. The molecule has 5 unspecified atom stereocenters. The van der Waals surface area contributed by atoms with Gasteiger partial charge in [0.2, 0.25) is 0 Å². The van der Waals surface area contributed by atoms with E-state index in [0.29, 0.717) is 11.8 Å². The molecular formula is C40H81N5. The Hall–Kier alpha value is -0.620. The molecule has 0 saturated carbocycles. The van der Waals surface area contributed by atoms with E-state index in [1.807, 2.05) is 0 Å². The van der Waals surface area contributed by atoms with Crippen molar-refractivity contribution in [2.45, 2.75) is 130 Å². The normalized spacial score (nSPS) is 36.4. The van der Waals surface area contributed by atoms with Crippen LogP contribution >= 0.6 is 0 Å². The van der Waals surface area contributed by atoms with Crippen molar-refractivity contribution in [1.82, 2.24) is 19.6 Å². The van der Waals surface area contributed by atoms with E-state index < -0.39 is 0 Å². The van der Waals surface area contributed by atoms with Crippen LogP contribution in [-0.4, -0.2) is 97.6 Å². The molecule has 4 bridgehead atoms. The molecule has 0 aromatic heterocycles. The number of hydrogen-bond acceptors (Lipinski definition) is 5. The predicted molar refractivity (Wildman–Crippen MR) is 200 cm³/mol. The third-order valence-corrected chi connectivity index (χ3v) is 14.6. The van der Waals surface area contributed by atoms with Crippen molar-refractivity contribution in [3.05, 3.63) is 11.8 Å². The molecule has 266 valence electrons. The average molecular weight is 632 g/mol. The van der Waals surface area contributed by atoms with Gasteiger partial charge >= 0.3 is 0 Å².